The summed E-state index contributed by atoms with van der Waals surface area (Å²) in [4.78, 5) is 25.9. The summed E-state index contributed by atoms with van der Waals surface area (Å²) in [6, 6.07) is 11.0. The molecule has 6 heteroatoms. The summed E-state index contributed by atoms with van der Waals surface area (Å²) in [6.07, 6.45) is 1.20. The molecular weight excluding hydrogens is 342 g/mol. The molecule has 0 unspecified atom stereocenters. The van der Waals surface area contributed by atoms with E-state index in [-0.39, 0.29) is 12.5 Å². The standard InChI is InChI=1S/C19H20ClNO4/c1-13(19(23)21-10-4-5-11-21)25-18(22)12-24-17-9-8-16(20)14-6-2-3-7-15(14)17/h2-3,6-9,13H,4-5,10-12H2,1H3/t13-/m1/s1. The topological polar surface area (TPSA) is 55.8 Å². The Labute approximate surface area is 151 Å². The van der Waals surface area contributed by atoms with E-state index in [4.69, 9.17) is 21.1 Å². The zero-order valence-corrected chi connectivity index (χ0v) is 14.8. The average Bonchev–Trinajstić information content (AvgIpc) is 3.15. The number of hydrogen-bond acceptors (Lipinski definition) is 4. The summed E-state index contributed by atoms with van der Waals surface area (Å²) in [5.41, 5.74) is 0. The summed E-state index contributed by atoms with van der Waals surface area (Å²) < 4.78 is 10.8. The van der Waals surface area contributed by atoms with Crippen molar-refractivity contribution in [3.63, 3.8) is 0 Å². The van der Waals surface area contributed by atoms with Crippen molar-refractivity contribution in [3.8, 4) is 5.75 Å². The van der Waals surface area contributed by atoms with Crippen molar-refractivity contribution in [1.82, 2.24) is 4.90 Å². The Morgan fingerprint density at radius 1 is 1.12 bits per heavy atom. The Hall–Kier alpha value is -2.27. The first-order chi connectivity index (χ1) is 12.1. The van der Waals surface area contributed by atoms with E-state index in [1.165, 1.54) is 0 Å². The van der Waals surface area contributed by atoms with E-state index in [1.807, 2.05) is 24.3 Å². The zero-order chi connectivity index (χ0) is 17.8. The van der Waals surface area contributed by atoms with Crippen molar-refractivity contribution in [3.05, 3.63) is 41.4 Å². The third-order valence-electron chi connectivity index (χ3n) is 4.25. The first-order valence-corrected chi connectivity index (χ1v) is 8.72. The molecule has 2 aromatic rings. The summed E-state index contributed by atoms with van der Waals surface area (Å²) >= 11 is 6.17. The Morgan fingerprint density at radius 2 is 1.80 bits per heavy atom. The SMILES string of the molecule is C[C@@H](OC(=O)COc1ccc(Cl)c2ccccc12)C(=O)N1CCCC1. The monoisotopic (exact) mass is 361 g/mol. The van der Waals surface area contributed by atoms with Crippen LogP contribution >= 0.6 is 11.6 Å². The maximum atomic E-state index is 12.2. The molecule has 0 saturated carbocycles. The molecule has 1 saturated heterocycles. The first-order valence-electron chi connectivity index (χ1n) is 8.34. The number of halogens is 1. The molecule has 1 aliphatic heterocycles. The number of hydrogen-bond donors (Lipinski definition) is 0. The predicted octanol–water partition coefficient (Wildman–Crippen LogP) is 3.43. The van der Waals surface area contributed by atoms with Crippen molar-refractivity contribution in [2.45, 2.75) is 25.9 Å². The smallest absolute Gasteiger partial charge is 0.344 e. The van der Waals surface area contributed by atoms with Crippen molar-refractivity contribution in [2.24, 2.45) is 0 Å². The van der Waals surface area contributed by atoms with Crippen LogP contribution in [-0.2, 0) is 14.3 Å². The Kier molecular flexibility index (Phi) is 5.43. The molecule has 0 aliphatic carbocycles. The van der Waals surface area contributed by atoms with E-state index in [2.05, 4.69) is 0 Å². The fourth-order valence-corrected chi connectivity index (χ4v) is 3.20. The molecule has 0 N–H and O–H groups in total. The molecule has 1 heterocycles. The summed E-state index contributed by atoms with van der Waals surface area (Å²) in [7, 11) is 0. The Balaban J connectivity index is 1.59. The number of benzene rings is 2. The van der Waals surface area contributed by atoms with Gasteiger partial charge in [-0.15, -0.1) is 0 Å². The van der Waals surface area contributed by atoms with Crippen LogP contribution in [0.2, 0.25) is 5.02 Å². The molecule has 0 bridgehead atoms. The number of nitrogens with zero attached hydrogens (tertiary/aromatic N) is 1. The van der Waals surface area contributed by atoms with Crippen molar-refractivity contribution in [2.75, 3.05) is 19.7 Å². The van der Waals surface area contributed by atoms with E-state index in [0.717, 1.165) is 36.7 Å². The van der Waals surface area contributed by atoms with E-state index >= 15 is 0 Å². The van der Waals surface area contributed by atoms with Crippen LogP contribution in [0.4, 0.5) is 0 Å². The number of fused-ring (bicyclic) bond motifs is 1. The van der Waals surface area contributed by atoms with E-state index in [9.17, 15) is 9.59 Å². The lowest BCUT2D eigenvalue weighted by Crippen LogP contribution is -2.38. The third-order valence-corrected chi connectivity index (χ3v) is 4.58. The lowest BCUT2D eigenvalue weighted by molar-refractivity contribution is -0.160. The second-order valence-electron chi connectivity index (χ2n) is 6.04. The quantitative estimate of drug-likeness (QED) is 0.766. The fourth-order valence-electron chi connectivity index (χ4n) is 2.97. The van der Waals surface area contributed by atoms with Crippen molar-refractivity contribution in [1.29, 1.82) is 0 Å². The summed E-state index contributed by atoms with van der Waals surface area (Å²) in [5.74, 6) is -0.169. The zero-order valence-electron chi connectivity index (χ0n) is 14.0. The van der Waals surface area contributed by atoms with Crippen LogP contribution in [0.1, 0.15) is 19.8 Å². The molecule has 0 spiro atoms. The van der Waals surface area contributed by atoms with Crippen molar-refractivity contribution >= 4 is 34.2 Å². The molecule has 5 nitrogen and oxygen atoms in total. The van der Waals surface area contributed by atoms with Crippen molar-refractivity contribution < 1.29 is 19.1 Å². The normalized spacial score (nSPS) is 15.2. The van der Waals surface area contributed by atoms with Gasteiger partial charge in [0.1, 0.15) is 5.75 Å². The van der Waals surface area contributed by atoms with Gasteiger partial charge in [0.25, 0.3) is 5.91 Å². The minimum Gasteiger partial charge on any atom is -0.481 e. The number of carbonyl (C=O) groups excluding carboxylic acids is 2. The van der Waals surface area contributed by atoms with Gasteiger partial charge in [-0.1, -0.05) is 35.9 Å². The molecule has 3 rings (SSSR count). The van der Waals surface area contributed by atoms with Gasteiger partial charge in [0, 0.05) is 28.9 Å². The van der Waals surface area contributed by atoms with Crippen LogP contribution in [0.3, 0.4) is 0 Å². The summed E-state index contributed by atoms with van der Waals surface area (Å²) in [6.45, 7) is 2.79. The van der Waals surface area contributed by atoms with E-state index in [1.54, 1.807) is 24.0 Å². The minimum absolute atomic E-state index is 0.150. The molecule has 1 fully saturated rings. The number of amides is 1. The highest BCUT2D eigenvalue weighted by Crippen LogP contribution is 2.31. The lowest BCUT2D eigenvalue weighted by atomic mass is 10.1. The van der Waals surface area contributed by atoms with Gasteiger partial charge < -0.3 is 14.4 Å². The Morgan fingerprint density at radius 3 is 2.52 bits per heavy atom. The molecule has 0 radical (unpaired) electrons. The number of ether oxygens (including phenoxy) is 2. The molecule has 1 amide bonds. The van der Waals surface area contributed by atoms with Gasteiger partial charge in [-0.2, -0.15) is 0 Å². The van der Waals surface area contributed by atoms with Gasteiger partial charge in [-0.3, -0.25) is 4.79 Å². The molecule has 1 aliphatic rings. The van der Waals surface area contributed by atoms with E-state index < -0.39 is 12.1 Å². The highest BCUT2D eigenvalue weighted by molar-refractivity contribution is 6.35. The van der Waals surface area contributed by atoms with Gasteiger partial charge in [0.15, 0.2) is 12.7 Å². The minimum atomic E-state index is -0.795. The third kappa shape index (κ3) is 4.04. The lowest BCUT2D eigenvalue weighted by Gasteiger charge is -2.20. The average molecular weight is 362 g/mol. The molecule has 0 aromatic heterocycles. The molecule has 25 heavy (non-hydrogen) atoms. The fraction of sp³-hybridized carbons (Fsp3) is 0.368. The maximum absolute atomic E-state index is 12.2. The second kappa shape index (κ2) is 7.74. The highest BCUT2D eigenvalue weighted by atomic mass is 35.5. The molecule has 132 valence electrons. The predicted molar refractivity (Wildman–Crippen MR) is 95.8 cm³/mol. The number of esters is 1. The van der Waals surface area contributed by atoms with Gasteiger partial charge >= 0.3 is 5.97 Å². The van der Waals surface area contributed by atoms with Gasteiger partial charge in [-0.25, -0.2) is 4.79 Å². The maximum Gasteiger partial charge on any atom is 0.344 e. The number of likely N-dealkylation sites (tertiary alicyclic amines) is 1. The number of rotatable bonds is 5. The van der Waals surface area contributed by atoms with Crippen LogP contribution in [0.15, 0.2) is 36.4 Å². The molecular formula is C19H20ClNO4. The number of carbonyl (C=O) groups is 2. The van der Waals surface area contributed by atoms with Gasteiger partial charge in [0.05, 0.1) is 0 Å². The van der Waals surface area contributed by atoms with Crippen LogP contribution in [0, 0.1) is 0 Å². The molecule has 1 atom stereocenters. The van der Waals surface area contributed by atoms with Gasteiger partial charge in [0.2, 0.25) is 0 Å². The first kappa shape index (κ1) is 17.5. The largest absolute Gasteiger partial charge is 0.481 e. The Bertz CT molecular complexity index is 786. The second-order valence-corrected chi connectivity index (χ2v) is 6.45. The van der Waals surface area contributed by atoms with E-state index in [0.29, 0.717) is 10.8 Å². The van der Waals surface area contributed by atoms with Crippen LogP contribution in [0.25, 0.3) is 10.8 Å². The van der Waals surface area contributed by atoms with Crippen LogP contribution in [0.5, 0.6) is 5.75 Å². The highest BCUT2D eigenvalue weighted by Gasteiger charge is 2.26. The summed E-state index contributed by atoms with van der Waals surface area (Å²) in [5, 5.41) is 2.30. The van der Waals surface area contributed by atoms with Crippen LogP contribution in [-0.4, -0.2) is 42.6 Å². The van der Waals surface area contributed by atoms with Crippen LogP contribution < -0.4 is 4.74 Å². The van der Waals surface area contributed by atoms with Gasteiger partial charge in [-0.05, 0) is 31.9 Å². The molecule has 2 aromatic carbocycles.